The third-order valence-electron chi connectivity index (χ3n) is 6.93. The van der Waals surface area contributed by atoms with Crippen molar-refractivity contribution in [2.75, 3.05) is 6.61 Å². The zero-order chi connectivity index (χ0) is 17.7. The van der Waals surface area contributed by atoms with Gasteiger partial charge in [-0.1, -0.05) is 19.9 Å². The van der Waals surface area contributed by atoms with Crippen molar-refractivity contribution >= 4 is 0 Å². The van der Waals surface area contributed by atoms with E-state index in [-0.39, 0.29) is 12.2 Å². The van der Waals surface area contributed by atoms with E-state index in [9.17, 15) is 0 Å². The van der Waals surface area contributed by atoms with Gasteiger partial charge in [0.1, 0.15) is 0 Å². The molecule has 4 aliphatic heterocycles. The molecule has 0 N–H and O–H groups in total. The Morgan fingerprint density at radius 1 is 1.16 bits per heavy atom. The molecule has 1 aliphatic carbocycles. The summed E-state index contributed by atoms with van der Waals surface area (Å²) in [6.07, 6.45) is 7.43. The quantitative estimate of drug-likeness (QED) is 0.422. The van der Waals surface area contributed by atoms with Gasteiger partial charge in [-0.2, -0.15) is 0 Å². The summed E-state index contributed by atoms with van der Waals surface area (Å²) in [7, 11) is 0. The molecule has 5 rings (SSSR count). The minimum Gasteiger partial charge on any atom is -0.352 e. The maximum Gasteiger partial charge on any atom is 0.201 e. The van der Waals surface area contributed by atoms with Crippen molar-refractivity contribution in [1.82, 2.24) is 0 Å². The first-order valence-electron chi connectivity index (χ1n) is 9.93. The van der Waals surface area contributed by atoms with E-state index >= 15 is 0 Å². The molecule has 142 valence electrons. The smallest absolute Gasteiger partial charge is 0.201 e. The molecule has 4 heterocycles. The average molecular weight is 352 g/mol. The lowest BCUT2D eigenvalue weighted by atomic mass is 9.58. The van der Waals surface area contributed by atoms with Gasteiger partial charge in [-0.05, 0) is 50.9 Å². The SMILES string of the molecule is C=CCCCOC1O[C@@H]2O[C@@]3(C)CCC4[C@H](C)CCC([C@H]1C)[C@]42OO3. The lowest BCUT2D eigenvalue weighted by Crippen LogP contribution is -2.70. The topological polar surface area (TPSA) is 46.2 Å². The Hall–Kier alpha value is -0.460. The molecule has 0 aromatic carbocycles. The van der Waals surface area contributed by atoms with Gasteiger partial charge in [0.25, 0.3) is 0 Å². The van der Waals surface area contributed by atoms with E-state index < -0.39 is 17.7 Å². The average Bonchev–Trinajstić information content (AvgIpc) is 2.82. The molecule has 0 amide bonds. The Kier molecular flexibility index (Phi) is 4.74. The van der Waals surface area contributed by atoms with Gasteiger partial charge in [0, 0.05) is 18.3 Å². The van der Waals surface area contributed by atoms with E-state index in [2.05, 4.69) is 20.4 Å². The zero-order valence-electron chi connectivity index (χ0n) is 15.7. The van der Waals surface area contributed by atoms with Crippen LogP contribution in [0.25, 0.3) is 0 Å². The van der Waals surface area contributed by atoms with Gasteiger partial charge in [0.05, 0.1) is 6.61 Å². The summed E-state index contributed by atoms with van der Waals surface area (Å²) in [4.78, 5) is 12.0. The van der Waals surface area contributed by atoms with Crippen molar-refractivity contribution in [2.24, 2.45) is 23.7 Å². The first-order valence-corrected chi connectivity index (χ1v) is 9.93. The second-order valence-electron chi connectivity index (χ2n) is 8.58. The van der Waals surface area contributed by atoms with E-state index in [0.717, 1.165) is 32.1 Å². The first-order chi connectivity index (χ1) is 12.0. The van der Waals surface area contributed by atoms with Crippen LogP contribution in [-0.2, 0) is 24.0 Å². The molecule has 0 aromatic rings. The van der Waals surface area contributed by atoms with Gasteiger partial charge in [-0.25, -0.2) is 9.78 Å². The Labute approximate surface area is 150 Å². The number of hydrogen-bond acceptors (Lipinski definition) is 5. The van der Waals surface area contributed by atoms with E-state index in [1.165, 1.54) is 6.42 Å². The molecule has 4 saturated heterocycles. The molecule has 1 spiro atoms. The van der Waals surface area contributed by atoms with Crippen LogP contribution in [-0.4, -0.2) is 30.6 Å². The number of allylic oxidation sites excluding steroid dienone is 1. The Morgan fingerprint density at radius 2 is 2.00 bits per heavy atom. The Balaban J connectivity index is 1.59. The minimum atomic E-state index is -0.717. The molecule has 3 unspecified atom stereocenters. The lowest BCUT2D eigenvalue weighted by molar-refractivity contribution is -0.577. The van der Waals surface area contributed by atoms with Crippen LogP contribution in [0.5, 0.6) is 0 Å². The van der Waals surface area contributed by atoms with Crippen LogP contribution < -0.4 is 0 Å². The Bertz CT molecular complexity index is 510. The minimum absolute atomic E-state index is 0.244. The van der Waals surface area contributed by atoms with Crippen LogP contribution in [0, 0.1) is 23.7 Å². The number of ether oxygens (including phenoxy) is 3. The highest BCUT2D eigenvalue weighted by Gasteiger charge is 2.69. The third-order valence-corrected chi connectivity index (χ3v) is 6.93. The van der Waals surface area contributed by atoms with E-state index in [1.807, 2.05) is 13.0 Å². The summed E-state index contributed by atoms with van der Waals surface area (Å²) in [5.41, 5.74) is -0.492. The van der Waals surface area contributed by atoms with Crippen LogP contribution in [0.2, 0.25) is 0 Å². The van der Waals surface area contributed by atoms with E-state index in [0.29, 0.717) is 24.4 Å². The number of rotatable bonds is 5. The summed E-state index contributed by atoms with van der Waals surface area (Å²) in [5, 5.41) is 0. The summed E-state index contributed by atoms with van der Waals surface area (Å²) in [6, 6.07) is 0. The summed E-state index contributed by atoms with van der Waals surface area (Å²) < 4.78 is 18.8. The molecule has 5 fully saturated rings. The molecule has 2 bridgehead atoms. The second kappa shape index (κ2) is 6.61. The summed E-state index contributed by atoms with van der Waals surface area (Å²) in [5.74, 6) is 0.868. The highest BCUT2D eigenvalue weighted by Crippen LogP contribution is 2.60. The van der Waals surface area contributed by atoms with Gasteiger partial charge >= 0.3 is 0 Å². The van der Waals surface area contributed by atoms with E-state index in [1.54, 1.807) is 0 Å². The largest absolute Gasteiger partial charge is 0.352 e. The van der Waals surface area contributed by atoms with Gasteiger partial charge in [0.2, 0.25) is 5.79 Å². The van der Waals surface area contributed by atoms with Crippen molar-refractivity contribution in [3.05, 3.63) is 12.7 Å². The van der Waals surface area contributed by atoms with Crippen molar-refractivity contribution in [1.29, 1.82) is 0 Å². The van der Waals surface area contributed by atoms with Crippen molar-refractivity contribution < 1.29 is 24.0 Å². The highest BCUT2D eigenvalue weighted by atomic mass is 17.3. The molecule has 1 saturated carbocycles. The van der Waals surface area contributed by atoms with Crippen LogP contribution in [0.3, 0.4) is 0 Å². The maximum absolute atomic E-state index is 6.36. The van der Waals surface area contributed by atoms with Crippen molar-refractivity contribution in [3.8, 4) is 0 Å². The Morgan fingerprint density at radius 3 is 2.80 bits per heavy atom. The molecule has 0 aromatic heterocycles. The number of hydrogen-bond donors (Lipinski definition) is 0. The predicted molar refractivity (Wildman–Crippen MR) is 92.2 cm³/mol. The molecule has 5 heteroatoms. The molecule has 5 nitrogen and oxygen atoms in total. The van der Waals surface area contributed by atoms with Gasteiger partial charge in [-0.15, -0.1) is 6.58 Å². The number of unbranched alkanes of at least 4 members (excludes halogenated alkanes) is 1. The highest BCUT2D eigenvalue weighted by molar-refractivity contribution is 5.09. The monoisotopic (exact) mass is 352 g/mol. The van der Waals surface area contributed by atoms with Gasteiger partial charge in [-0.3, -0.25) is 0 Å². The van der Waals surface area contributed by atoms with Crippen LogP contribution in [0.15, 0.2) is 12.7 Å². The second-order valence-corrected chi connectivity index (χ2v) is 8.58. The number of fused-ring (bicyclic) bond motifs is 2. The van der Waals surface area contributed by atoms with Crippen LogP contribution in [0.4, 0.5) is 0 Å². The van der Waals surface area contributed by atoms with Crippen LogP contribution >= 0.6 is 0 Å². The molecule has 25 heavy (non-hydrogen) atoms. The normalized spacial score (nSPS) is 51.6. The molecule has 8 atom stereocenters. The maximum atomic E-state index is 6.36. The summed E-state index contributed by atoms with van der Waals surface area (Å²) >= 11 is 0. The van der Waals surface area contributed by atoms with Gasteiger partial charge in [0.15, 0.2) is 18.2 Å². The standard InChI is InChI=1S/C20H32O5/c1-5-6-7-12-21-17-14(3)16-9-8-13(2)15-10-11-19(4)23-18(22-17)20(15,16)25-24-19/h5,13-18H,1,6-12H2,2-4H3/t13-,14-,15?,16?,17?,18-,19-,20-/m1/s1. The predicted octanol–water partition coefficient (Wildman–Crippen LogP) is 4.18. The zero-order valence-corrected chi connectivity index (χ0v) is 15.7. The van der Waals surface area contributed by atoms with E-state index in [4.69, 9.17) is 24.0 Å². The lowest BCUT2D eigenvalue weighted by Gasteiger charge is -2.60. The third kappa shape index (κ3) is 2.79. The summed E-state index contributed by atoms with van der Waals surface area (Å²) in [6.45, 7) is 11.0. The van der Waals surface area contributed by atoms with Gasteiger partial charge < -0.3 is 14.2 Å². The van der Waals surface area contributed by atoms with Crippen LogP contribution in [0.1, 0.15) is 59.3 Å². The molecular formula is C20H32O5. The molecular weight excluding hydrogens is 320 g/mol. The molecule has 0 radical (unpaired) electrons. The van der Waals surface area contributed by atoms with Crippen molar-refractivity contribution in [2.45, 2.75) is 83.3 Å². The van der Waals surface area contributed by atoms with Crippen molar-refractivity contribution in [3.63, 3.8) is 0 Å². The fourth-order valence-electron chi connectivity index (χ4n) is 5.49. The molecule has 5 aliphatic rings. The fraction of sp³-hybridized carbons (Fsp3) is 0.900. The fourth-order valence-corrected chi connectivity index (χ4v) is 5.49. The first kappa shape index (κ1) is 17.9.